The van der Waals surface area contributed by atoms with Gasteiger partial charge < -0.3 is 19.8 Å². The van der Waals surface area contributed by atoms with Crippen molar-refractivity contribution in [2.24, 2.45) is 0 Å². The Kier molecular flexibility index (Phi) is 39.3. The molecule has 1 heterocycles. The molecule has 1 aliphatic rings. The van der Waals surface area contributed by atoms with E-state index >= 15 is 0 Å². The summed E-state index contributed by atoms with van der Waals surface area (Å²) in [5.41, 5.74) is 0. The third-order valence-corrected chi connectivity index (χ3v) is 0.827. The van der Waals surface area contributed by atoms with Gasteiger partial charge in [0.25, 0.3) is 0 Å². The maximum absolute atomic E-state index is 8.42. The van der Waals surface area contributed by atoms with Crippen molar-refractivity contribution in [3.05, 3.63) is 0 Å². The largest absolute Gasteiger partial charge is 1.00 e. The van der Waals surface area contributed by atoms with Gasteiger partial charge in [-0.25, -0.2) is 0 Å². The molecule has 4 nitrogen and oxygen atoms in total. The number of rotatable bonds is 0. The van der Waals surface area contributed by atoms with E-state index in [9.17, 15) is 0 Å². The third-order valence-electron chi connectivity index (χ3n) is 0.827. The van der Waals surface area contributed by atoms with Crippen LogP contribution in [-0.2, 0) is 4.74 Å². The predicted octanol–water partition coefficient (Wildman–Crippen LogP) is -12.1. The van der Waals surface area contributed by atoms with Gasteiger partial charge in [-0.3, -0.25) is 7.32 Å². The molecule has 0 atom stereocenters. The first-order chi connectivity index (χ1) is 4.23. The van der Waals surface area contributed by atoms with Crippen LogP contribution in [-0.4, -0.2) is 20.5 Å². The standard InChI is InChI=1S/C4H8O.BO3.3Na/c1-2-4-5-3-1;2-1(3)4;;;/h1-4H2;;;;/q;-3;3*+1. The van der Waals surface area contributed by atoms with Gasteiger partial charge >= 0.3 is 88.7 Å². The van der Waals surface area contributed by atoms with Crippen LogP contribution in [0.3, 0.4) is 0 Å². The summed E-state index contributed by atoms with van der Waals surface area (Å²) >= 11 is 0. The molecule has 0 aromatic heterocycles. The smallest absolute Gasteiger partial charge is 0.907 e. The summed E-state index contributed by atoms with van der Waals surface area (Å²) < 4.78 is 4.94. The molecule has 0 amide bonds. The fourth-order valence-electron chi connectivity index (χ4n) is 0.510. The van der Waals surface area contributed by atoms with Crippen molar-refractivity contribution in [2.75, 3.05) is 13.2 Å². The zero-order valence-corrected chi connectivity index (χ0v) is 14.0. The molecule has 0 radical (unpaired) electrons. The van der Waals surface area contributed by atoms with Gasteiger partial charge in [0.1, 0.15) is 0 Å². The number of ether oxygens (including phenoxy) is 1. The van der Waals surface area contributed by atoms with Crippen molar-refractivity contribution >= 4 is 7.32 Å². The minimum absolute atomic E-state index is 0. The molecule has 0 saturated carbocycles. The van der Waals surface area contributed by atoms with Crippen molar-refractivity contribution in [2.45, 2.75) is 12.8 Å². The Morgan fingerprint density at radius 2 is 1.08 bits per heavy atom. The Labute approximate surface area is 139 Å². The van der Waals surface area contributed by atoms with Crippen LogP contribution in [0.15, 0.2) is 0 Å². The van der Waals surface area contributed by atoms with Gasteiger partial charge in [0.15, 0.2) is 0 Å². The van der Waals surface area contributed by atoms with Crippen LogP contribution in [0.4, 0.5) is 0 Å². The first-order valence-corrected chi connectivity index (χ1v) is 2.78. The van der Waals surface area contributed by atoms with Crippen LogP contribution in [0, 0.1) is 0 Å². The normalized spacial score (nSPS) is 12.2. The molecular weight excluding hydrogens is 192 g/mol. The van der Waals surface area contributed by atoms with E-state index < -0.39 is 7.32 Å². The topological polar surface area (TPSA) is 78.4 Å². The molecule has 0 spiro atoms. The van der Waals surface area contributed by atoms with Gasteiger partial charge in [0.2, 0.25) is 0 Å². The Hall–Kier alpha value is 2.90. The quantitative estimate of drug-likeness (QED) is 0.363. The van der Waals surface area contributed by atoms with E-state index in [1.807, 2.05) is 0 Å². The molecule has 0 aliphatic carbocycles. The summed E-state index contributed by atoms with van der Waals surface area (Å²) in [5.74, 6) is 0. The molecule has 0 unspecified atom stereocenters. The Bertz CT molecular complexity index is 53.9. The van der Waals surface area contributed by atoms with Gasteiger partial charge in [-0.05, 0) is 12.8 Å². The first-order valence-electron chi connectivity index (χ1n) is 2.78. The monoisotopic (exact) mass is 200 g/mol. The summed E-state index contributed by atoms with van der Waals surface area (Å²) in [6.07, 6.45) is 2.56. The molecule has 54 valence electrons. The van der Waals surface area contributed by atoms with Crippen LogP contribution >= 0.6 is 0 Å². The minimum Gasteiger partial charge on any atom is -0.907 e. The van der Waals surface area contributed by atoms with E-state index in [1.54, 1.807) is 0 Å². The average Bonchev–Trinajstić information content (AvgIpc) is 2.11. The fraction of sp³-hybridized carbons (Fsp3) is 1.00. The van der Waals surface area contributed by atoms with E-state index in [0.717, 1.165) is 13.2 Å². The van der Waals surface area contributed by atoms with E-state index in [1.165, 1.54) is 12.8 Å². The third kappa shape index (κ3) is 29.3. The maximum atomic E-state index is 8.42. The molecule has 0 aromatic rings. The van der Waals surface area contributed by atoms with E-state index in [4.69, 9.17) is 19.8 Å². The van der Waals surface area contributed by atoms with Crippen LogP contribution in [0.5, 0.6) is 0 Å². The maximum Gasteiger partial charge on any atom is 1.00 e. The van der Waals surface area contributed by atoms with Gasteiger partial charge in [-0.2, -0.15) is 0 Å². The molecule has 1 saturated heterocycles. The zero-order chi connectivity index (χ0) is 7.11. The van der Waals surface area contributed by atoms with Crippen molar-refractivity contribution in [3.8, 4) is 0 Å². The SMILES string of the molecule is C1CCOC1.[Na+].[Na+].[Na+].[O-]B([O-])[O-]. The molecule has 0 aromatic carbocycles. The van der Waals surface area contributed by atoms with Gasteiger partial charge in [0.05, 0.1) is 0 Å². The summed E-state index contributed by atoms with van der Waals surface area (Å²) in [7, 11) is -2.92. The van der Waals surface area contributed by atoms with Crippen LogP contribution in [0.25, 0.3) is 0 Å². The molecule has 0 N–H and O–H groups in total. The van der Waals surface area contributed by atoms with Crippen molar-refractivity contribution in [3.63, 3.8) is 0 Å². The van der Waals surface area contributed by atoms with Crippen LogP contribution in [0.2, 0.25) is 0 Å². The zero-order valence-electron chi connectivity index (χ0n) is 8.04. The van der Waals surface area contributed by atoms with Crippen LogP contribution in [0.1, 0.15) is 12.8 Å². The second-order valence-electron chi connectivity index (χ2n) is 1.61. The molecular formula is C4H8BNa3O4. The first kappa shape index (κ1) is 24.2. The van der Waals surface area contributed by atoms with Crippen molar-refractivity contribution < 1.29 is 108 Å². The molecule has 0 bridgehead atoms. The van der Waals surface area contributed by atoms with Crippen LogP contribution < -0.4 is 104 Å². The van der Waals surface area contributed by atoms with E-state index in [-0.39, 0.29) is 88.7 Å². The predicted molar refractivity (Wildman–Crippen MR) is 25.8 cm³/mol. The van der Waals surface area contributed by atoms with Gasteiger partial charge in [-0.15, -0.1) is 0 Å². The summed E-state index contributed by atoms with van der Waals surface area (Å²) in [5, 5.41) is 25.2. The Morgan fingerprint density at radius 3 is 1.17 bits per heavy atom. The van der Waals surface area contributed by atoms with Crippen molar-refractivity contribution in [1.29, 1.82) is 0 Å². The van der Waals surface area contributed by atoms with Gasteiger partial charge in [0, 0.05) is 13.2 Å². The summed E-state index contributed by atoms with van der Waals surface area (Å²) in [6, 6.07) is 0. The molecule has 8 heteroatoms. The van der Waals surface area contributed by atoms with Crippen molar-refractivity contribution in [1.82, 2.24) is 0 Å². The Balaban J connectivity index is -0.0000000436. The molecule has 1 rings (SSSR count). The molecule has 1 fully saturated rings. The van der Waals surface area contributed by atoms with E-state index in [2.05, 4.69) is 0 Å². The number of hydrogen-bond acceptors (Lipinski definition) is 4. The second-order valence-corrected chi connectivity index (χ2v) is 1.61. The molecule has 12 heavy (non-hydrogen) atoms. The minimum atomic E-state index is -2.92. The average molecular weight is 200 g/mol. The molecule has 1 aliphatic heterocycles. The summed E-state index contributed by atoms with van der Waals surface area (Å²) in [4.78, 5) is 0. The fourth-order valence-corrected chi connectivity index (χ4v) is 0.510. The number of hydrogen-bond donors (Lipinski definition) is 0. The Morgan fingerprint density at radius 1 is 0.833 bits per heavy atom. The van der Waals surface area contributed by atoms with E-state index in [0.29, 0.717) is 0 Å². The summed E-state index contributed by atoms with van der Waals surface area (Å²) in [6.45, 7) is 2.00. The second kappa shape index (κ2) is 19.5. The van der Waals surface area contributed by atoms with Gasteiger partial charge in [-0.1, -0.05) is 0 Å².